The van der Waals surface area contributed by atoms with Gasteiger partial charge in [-0.25, -0.2) is 9.66 Å². The molecule has 1 N–H and O–H groups in total. The van der Waals surface area contributed by atoms with Gasteiger partial charge in [0, 0.05) is 16.5 Å². The van der Waals surface area contributed by atoms with Crippen LogP contribution in [-0.2, 0) is 6.54 Å². The fourth-order valence-electron chi connectivity index (χ4n) is 3.38. The standard InChI is InChI=1S/C20H14N4OS/c21-18-15-9-5-4-8-14(15)10-23(18)24-12-22-19-17(20(24)25)16(11-26-19)13-6-2-1-3-7-13/h1-9,11-12,21H,10H2. The van der Waals surface area contributed by atoms with Gasteiger partial charge < -0.3 is 0 Å². The topological polar surface area (TPSA) is 62.0 Å². The summed E-state index contributed by atoms with van der Waals surface area (Å²) in [5, 5.41) is 12.7. The Morgan fingerprint density at radius 2 is 1.77 bits per heavy atom. The maximum Gasteiger partial charge on any atom is 0.281 e. The molecule has 0 aliphatic carbocycles. The Kier molecular flexibility index (Phi) is 3.26. The molecule has 6 heteroatoms. The van der Waals surface area contributed by atoms with E-state index in [1.807, 2.05) is 60.0 Å². The molecule has 0 fully saturated rings. The number of aromatic nitrogens is 2. The van der Waals surface area contributed by atoms with Crippen molar-refractivity contribution in [1.82, 2.24) is 9.66 Å². The molecule has 2 aromatic heterocycles. The first kappa shape index (κ1) is 15.0. The highest BCUT2D eigenvalue weighted by molar-refractivity contribution is 7.17. The average molecular weight is 358 g/mol. The second kappa shape index (κ2) is 5.64. The van der Waals surface area contributed by atoms with Crippen LogP contribution in [0.3, 0.4) is 0 Å². The SMILES string of the molecule is N=C1c2ccccc2CN1n1cnc2scc(-c3ccccc3)c2c1=O. The molecule has 3 heterocycles. The van der Waals surface area contributed by atoms with E-state index in [2.05, 4.69) is 4.98 Å². The van der Waals surface area contributed by atoms with Crippen molar-refractivity contribution < 1.29 is 0 Å². The van der Waals surface area contributed by atoms with Crippen molar-refractivity contribution in [2.24, 2.45) is 0 Å². The first-order valence-corrected chi connectivity index (χ1v) is 9.11. The molecule has 0 bridgehead atoms. The van der Waals surface area contributed by atoms with Crippen LogP contribution in [0.5, 0.6) is 0 Å². The molecule has 0 amide bonds. The normalized spacial score (nSPS) is 13.4. The average Bonchev–Trinajstić information content (AvgIpc) is 3.25. The second-order valence-electron chi connectivity index (χ2n) is 6.15. The van der Waals surface area contributed by atoms with Gasteiger partial charge in [0.15, 0.2) is 0 Å². The molecule has 5 nitrogen and oxygen atoms in total. The molecule has 2 aromatic carbocycles. The zero-order valence-electron chi connectivity index (χ0n) is 13.7. The fourth-order valence-corrected chi connectivity index (χ4v) is 4.28. The zero-order valence-corrected chi connectivity index (χ0v) is 14.5. The van der Waals surface area contributed by atoms with Crippen molar-refractivity contribution in [1.29, 1.82) is 5.41 Å². The summed E-state index contributed by atoms with van der Waals surface area (Å²) in [6, 6.07) is 17.6. The van der Waals surface area contributed by atoms with Gasteiger partial charge >= 0.3 is 0 Å². The van der Waals surface area contributed by atoms with E-state index < -0.39 is 0 Å². The van der Waals surface area contributed by atoms with Crippen molar-refractivity contribution in [3.8, 4) is 11.1 Å². The van der Waals surface area contributed by atoms with Crippen molar-refractivity contribution >= 4 is 27.4 Å². The van der Waals surface area contributed by atoms with Gasteiger partial charge in [-0.05, 0) is 11.1 Å². The number of nitrogens with one attached hydrogen (secondary N) is 1. The highest BCUT2D eigenvalue weighted by Gasteiger charge is 2.27. The number of fused-ring (bicyclic) bond motifs is 2. The largest absolute Gasteiger partial charge is 0.283 e. The third-order valence-corrected chi connectivity index (χ3v) is 5.56. The highest BCUT2D eigenvalue weighted by atomic mass is 32.1. The highest BCUT2D eigenvalue weighted by Crippen LogP contribution is 2.30. The van der Waals surface area contributed by atoms with Crippen molar-refractivity contribution in [2.45, 2.75) is 6.54 Å². The van der Waals surface area contributed by atoms with Crippen LogP contribution in [0.15, 0.2) is 71.1 Å². The summed E-state index contributed by atoms with van der Waals surface area (Å²) >= 11 is 1.47. The Hall–Kier alpha value is -3.25. The van der Waals surface area contributed by atoms with Gasteiger partial charge in [0.25, 0.3) is 5.56 Å². The number of hydrogen-bond donors (Lipinski definition) is 1. The van der Waals surface area contributed by atoms with Crippen LogP contribution in [0, 0.1) is 5.41 Å². The molecule has 1 aliphatic heterocycles. The van der Waals surface area contributed by atoms with Gasteiger partial charge in [-0.2, -0.15) is 0 Å². The van der Waals surface area contributed by atoms with E-state index in [1.165, 1.54) is 22.3 Å². The smallest absolute Gasteiger partial charge is 0.281 e. The number of hydrogen-bond acceptors (Lipinski definition) is 4. The number of nitrogens with zero attached hydrogens (tertiary/aromatic N) is 3. The summed E-state index contributed by atoms with van der Waals surface area (Å²) in [7, 11) is 0. The predicted molar refractivity (Wildman–Crippen MR) is 105 cm³/mol. The van der Waals surface area contributed by atoms with Gasteiger partial charge in [0.2, 0.25) is 0 Å². The maximum absolute atomic E-state index is 13.3. The van der Waals surface area contributed by atoms with E-state index in [9.17, 15) is 4.79 Å². The number of amidine groups is 1. The Balaban J connectivity index is 1.68. The summed E-state index contributed by atoms with van der Waals surface area (Å²) in [6.45, 7) is 0.493. The Bertz CT molecular complexity index is 1210. The molecule has 126 valence electrons. The van der Waals surface area contributed by atoms with Crippen LogP contribution in [-0.4, -0.2) is 15.5 Å². The number of benzene rings is 2. The molecule has 0 spiro atoms. The Morgan fingerprint density at radius 3 is 2.58 bits per heavy atom. The van der Waals surface area contributed by atoms with Gasteiger partial charge in [-0.1, -0.05) is 54.6 Å². The summed E-state index contributed by atoms with van der Waals surface area (Å²) in [5.41, 5.74) is 3.63. The van der Waals surface area contributed by atoms with Crippen LogP contribution in [0.1, 0.15) is 11.1 Å². The molecule has 0 atom stereocenters. The van der Waals surface area contributed by atoms with Crippen LogP contribution in [0.25, 0.3) is 21.3 Å². The van der Waals surface area contributed by atoms with E-state index in [0.29, 0.717) is 22.6 Å². The molecule has 4 aromatic rings. The third kappa shape index (κ3) is 2.12. The van der Waals surface area contributed by atoms with Crippen molar-refractivity contribution in [3.63, 3.8) is 0 Å². The van der Waals surface area contributed by atoms with E-state index in [4.69, 9.17) is 5.41 Å². The Morgan fingerprint density at radius 1 is 1.00 bits per heavy atom. The fraction of sp³-hybridized carbons (Fsp3) is 0.0500. The summed E-state index contributed by atoms with van der Waals surface area (Å²) in [6.07, 6.45) is 1.52. The quantitative estimate of drug-likeness (QED) is 0.595. The number of rotatable bonds is 2. The van der Waals surface area contributed by atoms with E-state index in [-0.39, 0.29) is 5.56 Å². The van der Waals surface area contributed by atoms with Gasteiger partial charge in [-0.3, -0.25) is 15.2 Å². The lowest BCUT2D eigenvalue weighted by Crippen LogP contribution is -2.42. The number of thiophene rings is 1. The lowest BCUT2D eigenvalue weighted by atomic mass is 10.1. The van der Waals surface area contributed by atoms with E-state index >= 15 is 0 Å². The minimum atomic E-state index is -0.146. The molecule has 0 unspecified atom stereocenters. The van der Waals surface area contributed by atoms with E-state index in [1.54, 1.807) is 5.01 Å². The van der Waals surface area contributed by atoms with Crippen LogP contribution in [0.4, 0.5) is 0 Å². The predicted octanol–water partition coefficient (Wildman–Crippen LogP) is 3.60. The monoisotopic (exact) mass is 358 g/mol. The van der Waals surface area contributed by atoms with Crippen molar-refractivity contribution in [3.05, 3.63) is 87.8 Å². The minimum absolute atomic E-state index is 0.146. The van der Waals surface area contributed by atoms with Gasteiger partial charge in [0.1, 0.15) is 17.0 Å². The van der Waals surface area contributed by atoms with Gasteiger partial charge in [-0.15, -0.1) is 11.3 Å². The third-order valence-electron chi connectivity index (χ3n) is 4.67. The van der Waals surface area contributed by atoms with Crippen molar-refractivity contribution in [2.75, 3.05) is 5.01 Å². The molecular formula is C20H14N4OS. The lowest BCUT2D eigenvalue weighted by molar-refractivity contribution is 0.691. The van der Waals surface area contributed by atoms with Crippen LogP contribution in [0.2, 0.25) is 0 Å². The first-order valence-electron chi connectivity index (χ1n) is 8.23. The molecule has 5 rings (SSSR count). The lowest BCUT2D eigenvalue weighted by Gasteiger charge is -2.19. The summed E-state index contributed by atoms with van der Waals surface area (Å²) in [4.78, 5) is 18.4. The second-order valence-corrected chi connectivity index (χ2v) is 7.01. The summed E-state index contributed by atoms with van der Waals surface area (Å²) in [5.74, 6) is 0.320. The Labute approximate surface area is 153 Å². The molecule has 26 heavy (non-hydrogen) atoms. The van der Waals surface area contributed by atoms with Crippen LogP contribution >= 0.6 is 11.3 Å². The maximum atomic E-state index is 13.3. The summed E-state index contributed by atoms with van der Waals surface area (Å²) < 4.78 is 1.46. The van der Waals surface area contributed by atoms with Gasteiger partial charge in [0.05, 0.1) is 11.9 Å². The van der Waals surface area contributed by atoms with Crippen LogP contribution < -0.4 is 10.6 Å². The molecule has 0 saturated heterocycles. The molecular weight excluding hydrogens is 344 g/mol. The molecule has 0 radical (unpaired) electrons. The molecule has 1 aliphatic rings. The first-order chi connectivity index (χ1) is 12.7. The molecule has 0 saturated carbocycles. The van der Waals surface area contributed by atoms with E-state index in [0.717, 1.165) is 22.3 Å². The zero-order chi connectivity index (χ0) is 17.7. The minimum Gasteiger partial charge on any atom is -0.283 e.